The summed E-state index contributed by atoms with van der Waals surface area (Å²) in [5.74, 6) is -0.601. The lowest BCUT2D eigenvalue weighted by molar-refractivity contribution is -0.113. The minimum Gasteiger partial charge on any atom is -0.494 e. The van der Waals surface area contributed by atoms with Crippen LogP contribution in [0.25, 0.3) is 6.08 Å². The summed E-state index contributed by atoms with van der Waals surface area (Å²) in [6.07, 6.45) is 1.57. The summed E-state index contributed by atoms with van der Waals surface area (Å²) in [6, 6.07) is 13.6. The zero-order valence-electron chi connectivity index (χ0n) is 13.8. The highest BCUT2D eigenvalue weighted by Crippen LogP contribution is 2.36. The van der Waals surface area contributed by atoms with Gasteiger partial charge < -0.3 is 9.84 Å². The average Bonchev–Trinajstić information content (AvgIpc) is 2.90. The monoisotopic (exact) mass is 385 g/mol. The number of nitrogens with zero attached hydrogens (tertiary/aromatic N) is 1. The second kappa shape index (κ2) is 7.72. The molecule has 1 aliphatic heterocycles. The Morgan fingerprint density at radius 1 is 1.23 bits per heavy atom. The summed E-state index contributed by atoms with van der Waals surface area (Å²) in [6.45, 7) is 2.46. The van der Waals surface area contributed by atoms with Gasteiger partial charge in [0, 0.05) is 0 Å². The van der Waals surface area contributed by atoms with Gasteiger partial charge in [0.15, 0.2) is 4.32 Å². The summed E-state index contributed by atoms with van der Waals surface area (Å²) in [5, 5.41) is 9.29. The van der Waals surface area contributed by atoms with E-state index in [1.807, 2.05) is 6.92 Å². The van der Waals surface area contributed by atoms with Crippen molar-refractivity contribution in [2.24, 2.45) is 0 Å². The Labute approximate surface area is 160 Å². The minimum atomic E-state index is -1.04. The van der Waals surface area contributed by atoms with Crippen molar-refractivity contribution in [3.63, 3.8) is 0 Å². The third kappa shape index (κ3) is 3.63. The molecular weight excluding hydrogens is 370 g/mol. The van der Waals surface area contributed by atoms with Crippen LogP contribution in [-0.4, -0.2) is 27.9 Å². The number of carbonyl (C=O) groups excluding carboxylic acids is 1. The number of ether oxygens (including phenoxy) is 1. The van der Waals surface area contributed by atoms with E-state index in [1.165, 1.54) is 11.0 Å². The molecule has 0 spiro atoms. The fourth-order valence-corrected chi connectivity index (χ4v) is 3.80. The smallest absolute Gasteiger partial charge is 0.336 e. The summed E-state index contributed by atoms with van der Waals surface area (Å²) in [7, 11) is 0. The third-order valence-electron chi connectivity index (χ3n) is 3.68. The molecule has 0 atom stereocenters. The van der Waals surface area contributed by atoms with Gasteiger partial charge in [-0.15, -0.1) is 0 Å². The van der Waals surface area contributed by atoms with Crippen LogP contribution in [0.2, 0.25) is 0 Å². The molecule has 1 amide bonds. The number of thiocarbonyl (C=S) groups is 1. The second-order valence-corrected chi connectivity index (χ2v) is 7.01. The summed E-state index contributed by atoms with van der Waals surface area (Å²) >= 11 is 6.49. The lowest BCUT2D eigenvalue weighted by Crippen LogP contribution is -2.27. The zero-order valence-corrected chi connectivity index (χ0v) is 15.5. The summed E-state index contributed by atoms with van der Waals surface area (Å²) in [5.41, 5.74) is 1.25. The highest BCUT2D eigenvalue weighted by Gasteiger charge is 2.33. The van der Waals surface area contributed by atoms with Gasteiger partial charge in [0.05, 0.1) is 22.8 Å². The molecule has 1 saturated heterocycles. The van der Waals surface area contributed by atoms with Gasteiger partial charge in [-0.05, 0) is 48.9 Å². The molecule has 2 aromatic rings. The first kappa shape index (κ1) is 18.2. The van der Waals surface area contributed by atoms with E-state index in [1.54, 1.807) is 48.5 Å². The van der Waals surface area contributed by atoms with E-state index < -0.39 is 5.97 Å². The molecule has 0 aromatic heterocycles. The Morgan fingerprint density at radius 3 is 2.58 bits per heavy atom. The predicted molar refractivity (Wildman–Crippen MR) is 107 cm³/mol. The topological polar surface area (TPSA) is 66.8 Å². The maximum absolute atomic E-state index is 12.8. The maximum atomic E-state index is 12.8. The van der Waals surface area contributed by atoms with Crippen molar-refractivity contribution in [2.75, 3.05) is 11.5 Å². The molecule has 1 N–H and O–H groups in total. The van der Waals surface area contributed by atoms with Crippen molar-refractivity contribution < 1.29 is 19.4 Å². The van der Waals surface area contributed by atoms with Crippen molar-refractivity contribution in [1.29, 1.82) is 0 Å². The van der Waals surface area contributed by atoms with Crippen LogP contribution in [0.15, 0.2) is 53.4 Å². The number of thioether (sulfide) groups is 1. The number of hydrogen-bond acceptors (Lipinski definition) is 5. The van der Waals surface area contributed by atoms with Gasteiger partial charge in [-0.2, -0.15) is 0 Å². The van der Waals surface area contributed by atoms with E-state index in [9.17, 15) is 14.7 Å². The van der Waals surface area contributed by atoms with Crippen molar-refractivity contribution >= 4 is 51.9 Å². The number of aromatic carboxylic acids is 1. The van der Waals surface area contributed by atoms with Crippen LogP contribution in [0.5, 0.6) is 5.75 Å². The molecular formula is C19H15NO4S2. The van der Waals surface area contributed by atoms with Crippen LogP contribution >= 0.6 is 24.0 Å². The molecule has 0 radical (unpaired) electrons. The van der Waals surface area contributed by atoms with E-state index in [0.717, 1.165) is 11.8 Å². The fourth-order valence-electron chi connectivity index (χ4n) is 2.51. The quantitative estimate of drug-likeness (QED) is 0.615. The number of anilines is 1. The van der Waals surface area contributed by atoms with Gasteiger partial charge in [-0.25, -0.2) is 4.79 Å². The standard InChI is InChI=1S/C19H15NO4S2/c1-2-24-14-9-7-13(8-10-14)20-17(21)16(26-19(20)25)11-12-5-3-4-6-15(12)18(22)23/h3-11H,2H2,1H3,(H,22,23)/b16-11+. The first-order valence-corrected chi connectivity index (χ1v) is 9.07. The Bertz CT molecular complexity index is 906. The Morgan fingerprint density at radius 2 is 1.92 bits per heavy atom. The Hall–Kier alpha value is -2.64. The van der Waals surface area contributed by atoms with Gasteiger partial charge in [0.2, 0.25) is 0 Å². The Kier molecular flexibility index (Phi) is 5.39. The largest absolute Gasteiger partial charge is 0.494 e. The van der Waals surface area contributed by atoms with Crippen molar-refractivity contribution in [2.45, 2.75) is 6.92 Å². The number of carboxylic acids is 1. The molecule has 1 heterocycles. The van der Waals surface area contributed by atoms with E-state index in [0.29, 0.717) is 32.8 Å². The average molecular weight is 385 g/mol. The molecule has 132 valence electrons. The number of benzene rings is 2. The van der Waals surface area contributed by atoms with E-state index in [-0.39, 0.29) is 11.5 Å². The molecule has 2 aromatic carbocycles. The first-order valence-electron chi connectivity index (χ1n) is 7.84. The van der Waals surface area contributed by atoms with Crippen molar-refractivity contribution in [3.05, 3.63) is 64.6 Å². The van der Waals surface area contributed by atoms with Crippen LogP contribution in [0.4, 0.5) is 5.69 Å². The molecule has 7 heteroatoms. The van der Waals surface area contributed by atoms with Gasteiger partial charge >= 0.3 is 5.97 Å². The fraction of sp³-hybridized carbons (Fsp3) is 0.105. The number of carboxylic acid groups (broad SMARTS) is 1. The normalized spacial score (nSPS) is 15.6. The second-order valence-electron chi connectivity index (χ2n) is 5.34. The highest BCUT2D eigenvalue weighted by molar-refractivity contribution is 8.27. The third-order valence-corrected chi connectivity index (χ3v) is 4.98. The van der Waals surface area contributed by atoms with E-state index in [4.69, 9.17) is 17.0 Å². The molecule has 5 nitrogen and oxygen atoms in total. The first-order chi connectivity index (χ1) is 12.5. The molecule has 1 aliphatic rings. The SMILES string of the molecule is CCOc1ccc(N2C(=O)/C(=C\c3ccccc3C(=O)O)SC2=S)cc1. The van der Waals surface area contributed by atoms with Crippen LogP contribution in [0, 0.1) is 0 Å². The lowest BCUT2D eigenvalue weighted by Gasteiger charge is -2.15. The summed E-state index contributed by atoms with van der Waals surface area (Å²) in [4.78, 5) is 25.9. The van der Waals surface area contributed by atoms with Crippen LogP contribution in [0.3, 0.4) is 0 Å². The number of rotatable bonds is 5. The molecule has 0 aliphatic carbocycles. The van der Waals surface area contributed by atoms with Gasteiger partial charge in [-0.1, -0.05) is 42.2 Å². The van der Waals surface area contributed by atoms with Gasteiger partial charge in [-0.3, -0.25) is 9.69 Å². The van der Waals surface area contributed by atoms with Gasteiger partial charge in [0.1, 0.15) is 5.75 Å². The number of carbonyl (C=O) groups is 2. The molecule has 0 unspecified atom stereocenters. The summed E-state index contributed by atoms with van der Waals surface area (Å²) < 4.78 is 5.81. The predicted octanol–water partition coefficient (Wildman–Crippen LogP) is 4.19. The lowest BCUT2D eigenvalue weighted by atomic mass is 10.1. The van der Waals surface area contributed by atoms with E-state index in [2.05, 4.69) is 0 Å². The molecule has 1 fully saturated rings. The van der Waals surface area contributed by atoms with Crippen LogP contribution < -0.4 is 9.64 Å². The minimum absolute atomic E-state index is 0.138. The maximum Gasteiger partial charge on any atom is 0.336 e. The van der Waals surface area contributed by atoms with Crippen molar-refractivity contribution in [3.8, 4) is 5.75 Å². The number of amides is 1. The zero-order chi connectivity index (χ0) is 18.7. The molecule has 0 saturated carbocycles. The highest BCUT2D eigenvalue weighted by atomic mass is 32.2. The van der Waals surface area contributed by atoms with Crippen molar-refractivity contribution in [1.82, 2.24) is 0 Å². The molecule has 3 rings (SSSR count). The van der Waals surface area contributed by atoms with E-state index >= 15 is 0 Å². The Balaban J connectivity index is 1.91. The van der Waals surface area contributed by atoms with Gasteiger partial charge in [0.25, 0.3) is 5.91 Å². The van der Waals surface area contributed by atoms with Crippen LogP contribution in [-0.2, 0) is 4.79 Å². The number of hydrogen-bond donors (Lipinski definition) is 1. The van der Waals surface area contributed by atoms with Crippen LogP contribution in [0.1, 0.15) is 22.8 Å². The molecule has 26 heavy (non-hydrogen) atoms. The molecule has 0 bridgehead atoms.